The number of nitrogens with one attached hydrogen (secondary N) is 1. The summed E-state index contributed by atoms with van der Waals surface area (Å²) >= 11 is 12.8. The van der Waals surface area contributed by atoms with Crippen LogP contribution in [-0.2, 0) is 14.3 Å². The summed E-state index contributed by atoms with van der Waals surface area (Å²) in [5.74, 6) is -0.366. The predicted octanol–water partition coefficient (Wildman–Crippen LogP) is 5.78. The van der Waals surface area contributed by atoms with E-state index in [1.165, 1.54) is 7.11 Å². The lowest BCUT2D eigenvalue weighted by Crippen LogP contribution is -2.39. The molecule has 0 amide bonds. The molecule has 7 heteroatoms. The number of ether oxygens (including phenoxy) is 1. The largest absolute Gasteiger partial charge is 0.468 e. The summed E-state index contributed by atoms with van der Waals surface area (Å²) in [4.78, 5) is 27.8. The normalized spacial score (nSPS) is 19.8. The van der Waals surface area contributed by atoms with Crippen molar-refractivity contribution < 1.29 is 14.3 Å². The molecule has 0 fully saturated rings. The predicted molar refractivity (Wildman–Crippen MR) is 124 cm³/mol. The third-order valence-electron chi connectivity index (χ3n) is 5.79. The van der Waals surface area contributed by atoms with Crippen LogP contribution in [0, 0.1) is 5.41 Å². The van der Waals surface area contributed by atoms with E-state index < -0.39 is 12.0 Å². The lowest BCUT2D eigenvalue weighted by Gasteiger charge is -2.38. The standard InChI is InChI=1S/C24H24Cl2N2O3/c1-24(2)11-18-22(20(29)12-24)23(15-9-8-14(25)10-16(15)26)28(13-21(30)31-3)19-7-5-4-6-17(19)27-18/h4-10,23,27H,11-13H2,1-3H3. The van der Waals surface area contributed by atoms with Crippen molar-refractivity contribution in [2.24, 2.45) is 5.41 Å². The zero-order valence-corrected chi connectivity index (χ0v) is 19.2. The third kappa shape index (κ3) is 4.17. The highest BCUT2D eigenvalue weighted by atomic mass is 35.5. The number of Topliss-reactive ketones (excluding diaryl/α,β-unsaturated/α-hetero) is 1. The monoisotopic (exact) mass is 458 g/mol. The number of halogens is 2. The Balaban J connectivity index is 2.00. The van der Waals surface area contributed by atoms with E-state index in [0.29, 0.717) is 34.0 Å². The van der Waals surface area contributed by atoms with Crippen LogP contribution in [0.3, 0.4) is 0 Å². The molecule has 0 aromatic heterocycles. The van der Waals surface area contributed by atoms with Crippen LogP contribution >= 0.6 is 23.2 Å². The molecule has 1 aliphatic heterocycles. The summed E-state index contributed by atoms with van der Waals surface area (Å²) in [5, 5.41) is 4.44. The molecule has 0 radical (unpaired) electrons. The summed E-state index contributed by atoms with van der Waals surface area (Å²) in [5.41, 5.74) is 3.65. The lowest BCUT2D eigenvalue weighted by atomic mass is 9.73. The molecule has 5 nitrogen and oxygen atoms in total. The number of carbonyl (C=O) groups is 2. The minimum absolute atomic E-state index is 0.0354. The van der Waals surface area contributed by atoms with E-state index in [9.17, 15) is 9.59 Å². The van der Waals surface area contributed by atoms with Crippen LogP contribution in [0.15, 0.2) is 53.7 Å². The molecule has 0 saturated carbocycles. The Morgan fingerprint density at radius 2 is 1.94 bits per heavy atom. The number of fused-ring (bicyclic) bond motifs is 1. The van der Waals surface area contributed by atoms with Crippen molar-refractivity contribution >= 4 is 46.3 Å². The fourth-order valence-corrected chi connectivity index (χ4v) is 4.99. The van der Waals surface area contributed by atoms with Crippen LogP contribution < -0.4 is 10.2 Å². The SMILES string of the molecule is COC(=O)CN1c2ccccc2NC2=C(C(=O)CC(C)(C)C2)C1c1ccc(Cl)cc1Cl. The Morgan fingerprint density at radius 3 is 2.65 bits per heavy atom. The molecule has 2 aromatic rings. The first-order valence-electron chi connectivity index (χ1n) is 10.1. The average molecular weight is 459 g/mol. The Bertz CT molecular complexity index is 1090. The Kier molecular flexibility index (Phi) is 5.75. The van der Waals surface area contributed by atoms with Gasteiger partial charge >= 0.3 is 5.97 Å². The van der Waals surface area contributed by atoms with Crippen molar-refractivity contribution in [1.29, 1.82) is 0 Å². The van der Waals surface area contributed by atoms with E-state index in [1.54, 1.807) is 12.1 Å². The number of para-hydroxylation sites is 2. The number of carbonyl (C=O) groups excluding carboxylic acids is 2. The minimum atomic E-state index is -0.557. The Morgan fingerprint density at radius 1 is 1.19 bits per heavy atom. The fourth-order valence-electron chi connectivity index (χ4n) is 4.48. The maximum Gasteiger partial charge on any atom is 0.325 e. The van der Waals surface area contributed by atoms with Gasteiger partial charge in [-0.1, -0.05) is 55.2 Å². The van der Waals surface area contributed by atoms with E-state index in [4.69, 9.17) is 27.9 Å². The quantitative estimate of drug-likeness (QED) is 0.590. The number of rotatable bonds is 3. The molecule has 1 unspecified atom stereocenters. The molecule has 31 heavy (non-hydrogen) atoms. The van der Waals surface area contributed by atoms with Gasteiger partial charge in [0.05, 0.1) is 24.5 Å². The molecule has 1 atom stereocenters. The van der Waals surface area contributed by atoms with Crippen molar-refractivity contribution in [3.8, 4) is 0 Å². The van der Waals surface area contributed by atoms with Crippen LogP contribution in [0.2, 0.25) is 10.0 Å². The number of hydrogen-bond acceptors (Lipinski definition) is 5. The zero-order chi connectivity index (χ0) is 22.3. The second-order valence-electron chi connectivity index (χ2n) is 8.75. The van der Waals surface area contributed by atoms with Gasteiger partial charge in [-0.05, 0) is 41.7 Å². The fraction of sp³-hybridized carbons (Fsp3) is 0.333. The van der Waals surface area contributed by atoms with Crippen molar-refractivity contribution in [3.05, 3.63) is 69.3 Å². The van der Waals surface area contributed by atoms with Gasteiger partial charge in [-0.2, -0.15) is 0 Å². The summed E-state index contributed by atoms with van der Waals surface area (Å²) in [6.07, 6.45) is 1.12. The number of nitrogens with zero attached hydrogens (tertiary/aromatic N) is 1. The van der Waals surface area contributed by atoms with Crippen LogP contribution in [0.25, 0.3) is 0 Å². The number of hydrogen-bond donors (Lipinski definition) is 1. The lowest BCUT2D eigenvalue weighted by molar-refractivity contribution is -0.139. The first kappa shape index (κ1) is 21.7. The molecule has 1 aliphatic carbocycles. The molecular formula is C24H24Cl2N2O3. The van der Waals surface area contributed by atoms with Crippen molar-refractivity contribution in [2.45, 2.75) is 32.7 Å². The minimum Gasteiger partial charge on any atom is -0.468 e. The second-order valence-corrected chi connectivity index (χ2v) is 9.59. The van der Waals surface area contributed by atoms with E-state index in [0.717, 1.165) is 17.1 Å². The number of methoxy groups -OCH3 is 1. The van der Waals surface area contributed by atoms with Crippen molar-refractivity contribution in [3.63, 3.8) is 0 Å². The van der Waals surface area contributed by atoms with Crippen LogP contribution in [0.1, 0.15) is 38.3 Å². The van der Waals surface area contributed by atoms with Gasteiger partial charge in [-0.3, -0.25) is 9.59 Å². The molecule has 0 bridgehead atoms. The molecule has 162 valence electrons. The molecule has 1 N–H and O–H groups in total. The summed E-state index contributed by atoms with van der Waals surface area (Å²) in [6, 6.07) is 12.4. The summed E-state index contributed by atoms with van der Waals surface area (Å²) in [6.45, 7) is 4.14. The zero-order valence-electron chi connectivity index (χ0n) is 17.7. The van der Waals surface area contributed by atoms with Gasteiger partial charge in [0.15, 0.2) is 5.78 Å². The van der Waals surface area contributed by atoms with Gasteiger partial charge in [0.2, 0.25) is 0 Å². The van der Waals surface area contributed by atoms with Gasteiger partial charge in [0, 0.05) is 27.7 Å². The number of anilines is 2. The van der Waals surface area contributed by atoms with Crippen LogP contribution in [-0.4, -0.2) is 25.4 Å². The maximum absolute atomic E-state index is 13.5. The van der Waals surface area contributed by atoms with Gasteiger partial charge in [0.1, 0.15) is 6.54 Å². The maximum atomic E-state index is 13.5. The van der Waals surface area contributed by atoms with Crippen molar-refractivity contribution in [2.75, 3.05) is 23.9 Å². The molecule has 0 spiro atoms. The van der Waals surface area contributed by atoms with E-state index in [1.807, 2.05) is 35.2 Å². The molecule has 2 aliphatic rings. The van der Waals surface area contributed by atoms with E-state index >= 15 is 0 Å². The highest BCUT2D eigenvalue weighted by Gasteiger charge is 2.42. The molecule has 0 saturated heterocycles. The van der Waals surface area contributed by atoms with E-state index in [2.05, 4.69) is 19.2 Å². The first-order valence-corrected chi connectivity index (χ1v) is 10.9. The van der Waals surface area contributed by atoms with Crippen LogP contribution in [0.5, 0.6) is 0 Å². The first-order chi connectivity index (χ1) is 14.7. The van der Waals surface area contributed by atoms with Gasteiger partial charge in [0.25, 0.3) is 0 Å². The highest BCUT2D eigenvalue weighted by Crippen LogP contribution is 2.49. The van der Waals surface area contributed by atoms with Gasteiger partial charge in [-0.25, -0.2) is 0 Å². The molecular weight excluding hydrogens is 435 g/mol. The summed E-state index contributed by atoms with van der Waals surface area (Å²) in [7, 11) is 1.35. The highest BCUT2D eigenvalue weighted by molar-refractivity contribution is 6.35. The van der Waals surface area contributed by atoms with E-state index in [-0.39, 0.29) is 17.7 Å². The molecule has 2 aromatic carbocycles. The summed E-state index contributed by atoms with van der Waals surface area (Å²) < 4.78 is 4.98. The number of ketones is 1. The second kappa shape index (κ2) is 8.21. The third-order valence-corrected chi connectivity index (χ3v) is 6.35. The molecule has 4 rings (SSSR count). The Labute approximate surface area is 192 Å². The number of esters is 1. The van der Waals surface area contributed by atoms with Gasteiger partial charge in [-0.15, -0.1) is 0 Å². The van der Waals surface area contributed by atoms with Crippen molar-refractivity contribution in [1.82, 2.24) is 0 Å². The average Bonchev–Trinajstić information content (AvgIpc) is 2.82. The molecule has 1 heterocycles. The smallest absolute Gasteiger partial charge is 0.325 e. The topological polar surface area (TPSA) is 58.6 Å². The number of allylic oxidation sites excluding steroid dienone is 1. The van der Waals surface area contributed by atoms with Crippen LogP contribution in [0.4, 0.5) is 11.4 Å². The number of benzene rings is 2. The Hall–Kier alpha value is -2.50. The van der Waals surface area contributed by atoms with Gasteiger partial charge < -0.3 is 15.0 Å².